The second kappa shape index (κ2) is 13.1. The maximum Gasteiger partial charge on any atom is 0.164 e. The van der Waals surface area contributed by atoms with Gasteiger partial charge in [0, 0.05) is 49.4 Å². The summed E-state index contributed by atoms with van der Waals surface area (Å²) in [5.41, 5.74) is 10.6. The van der Waals surface area contributed by atoms with Crippen molar-refractivity contribution in [3.05, 3.63) is 181 Å². The number of fused-ring (bicyclic) bond motifs is 7. The lowest BCUT2D eigenvalue weighted by Gasteiger charge is -2.62. The van der Waals surface area contributed by atoms with E-state index in [1.807, 2.05) is 36.4 Å². The molecule has 5 heteroatoms. The summed E-state index contributed by atoms with van der Waals surface area (Å²) in [4.78, 5) is 15.2. The van der Waals surface area contributed by atoms with Gasteiger partial charge in [-0.25, -0.2) is 15.0 Å². The Morgan fingerprint density at radius 3 is 1.42 bits per heavy atom. The number of para-hydroxylation sites is 3. The second-order valence-electron chi connectivity index (χ2n) is 17.6. The molecule has 5 nitrogen and oxygen atoms in total. The van der Waals surface area contributed by atoms with Crippen molar-refractivity contribution >= 4 is 43.6 Å². The number of aromatic nitrogens is 5. The Hall–Kier alpha value is -6.85. The van der Waals surface area contributed by atoms with Crippen LogP contribution in [0.3, 0.4) is 0 Å². The minimum Gasteiger partial charge on any atom is -0.329 e. The zero-order chi connectivity index (χ0) is 39.4. The minimum absolute atomic E-state index is 0.192. The summed E-state index contributed by atoms with van der Waals surface area (Å²) in [6, 6.07) is 64.0. The Balaban J connectivity index is 1.05. The zero-order valence-electron chi connectivity index (χ0n) is 33.3. The van der Waals surface area contributed by atoms with Crippen LogP contribution in [-0.4, -0.2) is 24.1 Å². The molecule has 0 unspecified atom stereocenters. The molecule has 60 heavy (non-hydrogen) atoms. The Kier molecular flexibility index (Phi) is 7.42. The van der Waals surface area contributed by atoms with E-state index in [0.717, 1.165) is 28.5 Å². The van der Waals surface area contributed by atoms with Gasteiger partial charge in [-0.3, -0.25) is 0 Å². The summed E-state index contributed by atoms with van der Waals surface area (Å²) in [5, 5.41) is 5.35. The molecule has 10 aromatic rings. The first-order valence-electron chi connectivity index (χ1n) is 21.7. The van der Waals surface area contributed by atoms with Crippen molar-refractivity contribution < 1.29 is 0 Å². The molecule has 288 valence electrons. The van der Waals surface area contributed by atoms with Gasteiger partial charge in [-0.2, -0.15) is 0 Å². The Morgan fingerprint density at radius 2 is 0.833 bits per heavy atom. The molecular weight excluding hydrogens is 731 g/mol. The predicted molar refractivity (Wildman–Crippen MR) is 244 cm³/mol. The minimum atomic E-state index is -0.192. The van der Waals surface area contributed by atoms with E-state index >= 15 is 0 Å². The lowest BCUT2D eigenvalue weighted by molar-refractivity contribution is -0.0719. The van der Waals surface area contributed by atoms with Gasteiger partial charge in [0.25, 0.3) is 0 Å². The normalized spacial score (nSPS) is 22.1. The molecule has 4 aliphatic carbocycles. The van der Waals surface area contributed by atoms with Crippen LogP contribution < -0.4 is 0 Å². The van der Waals surface area contributed by atoms with Crippen molar-refractivity contribution in [1.82, 2.24) is 24.1 Å². The third-order valence-electron chi connectivity index (χ3n) is 14.5. The molecule has 7 aromatic carbocycles. The molecule has 0 radical (unpaired) electrons. The largest absolute Gasteiger partial charge is 0.329 e. The van der Waals surface area contributed by atoms with Gasteiger partial charge in [0.2, 0.25) is 0 Å². The van der Waals surface area contributed by atoms with Gasteiger partial charge >= 0.3 is 0 Å². The SMILES string of the molecule is c1ccc(-c2nc(-c3ccccc3)nc(-c3ccc(C4(n5c6ccccc6c6c7c8ccccc8n(-c8ccccc8)c7ccc65)C5CC6CC(C5)CC4C6)cc3)n2)cc1. The Morgan fingerprint density at radius 1 is 0.383 bits per heavy atom. The summed E-state index contributed by atoms with van der Waals surface area (Å²) >= 11 is 0. The van der Waals surface area contributed by atoms with Crippen LogP contribution in [-0.2, 0) is 5.54 Å². The van der Waals surface area contributed by atoms with Crippen LogP contribution in [0, 0.1) is 23.7 Å². The number of nitrogens with zero attached hydrogens (tertiary/aromatic N) is 5. The predicted octanol–water partition coefficient (Wildman–Crippen LogP) is 13.3. The number of benzene rings is 7. The number of hydrogen-bond acceptors (Lipinski definition) is 3. The van der Waals surface area contributed by atoms with Crippen LogP contribution in [0.4, 0.5) is 0 Å². The van der Waals surface area contributed by atoms with Crippen molar-refractivity contribution in [2.45, 2.75) is 37.6 Å². The third-order valence-corrected chi connectivity index (χ3v) is 14.5. The molecule has 0 aliphatic heterocycles. The topological polar surface area (TPSA) is 48.5 Å². The molecular formula is C55H43N5. The highest BCUT2D eigenvalue weighted by Crippen LogP contribution is 2.65. The van der Waals surface area contributed by atoms with Crippen molar-refractivity contribution in [2.24, 2.45) is 23.7 Å². The highest BCUT2D eigenvalue weighted by Gasteiger charge is 2.59. The molecule has 0 saturated heterocycles. The van der Waals surface area contributed by atoms with E-state index in [4.69, 9.17) is 15.0 Å². The average molecular weight is 774 g/mol. The van der Waals surface area contributed by atoms with Crippen LogP contribution in [0.5, 0.6) is 0 Å². The van der Waals surface area contributed by atoms with Crippen LogP contribution in [0.1, 0.15) is 37.7 Å². The van der Waals surface area contributed by atoms with E-state index in [0.29, 0.717) is 29.3 Å². The summed E-state index contributed by atoms with van der Waals surface area (Å²) < 4.78 is 5.32. The molecule has 0 atom stereocenters. The summed E-state index contributed by atoms with van der Waals surface area (Å²) in [7, 11) is 0. The van der Waals surface area contributed by atoms with Gasteiger partial charge in [0.15, 0.2) is 17.5 Å². The first-order chi connectivity index (χ1) is 29.7. The Labute approximate surface area is 349 Å². The first-order valence-corrected chi connectivity index (χ1v) is 21.7. The summed E-state index contributed by atoms with van der Waals surface area (Å²) in [6.45, 7) is 0. The van der Waals surface area contributed by atoms with Crippen LogP contribution >= 0.6 is 0 Å². The molecule has 0 amide bonds. The molecule has 0 N–H and O–H groups in total. The summed E-state index contributed by atoms with van der Waals surface area (Å²) in [5.74, 6) is 4.81. The molecule has 3 aromatic heterocycles. The zero-order valence-corrected chi connectivity index (χ0v) is 33.3. The standard InChI is InChI=1S/C55H43N5/c1-4-14-37(15-5-1)52-56-53(38-16-6-2-7-17-38)58-54(57-52)39-24-26-40(27-25-39)55(41-31-35-30-36(33-41)34-42(55)32-35)60-47-23-13-11-21-45(47)51-49(60)29-28-48-50(51)44-20-10-12-22-46(44)59(48)43-18-8-3-9-19-43/h1-29,35-36,41-42H,30-34H2. The van der Waals surface area contributed by atoms with Gasteiger partial charge in [0.05, 0.1) is 22.1 Å². The maximum atomic E-state index is 5.11. The van der Waals surface area contributed by atoms with E-state index in [9.17, 15) is 0 Å². The van der Waals surface area contributed by atoms with Gasteiger partial charge < -0.3 is 9.13 Å². The van der Waals surface area contributed by atoms with Gasteiger partial charge in [0.1, 0.15) is 0 Å². The maximum absolute atomic E-state index is 5.11. The van der Waals surface area contributed by atoms with Crippen molar-refractivity contribution in [2.75, 3.05) is 0 Å². The second-order valence-corrected chi connectivity index (χ2v) is 17.6. The fraction of sp³-hybridized carbons (Fsp3) is 0.182. The van der Waals surface area contributed by atoms with E-state index in [-0.39, 0.29) is 5.54 Å². The van der Waals surface area contributed by atoms with Crippen molar-refractivity contribution in [1.29, 1.82) is 0 Å². The van der Waals surface area contributed by atoms with Crippen LogP contribution in [0.25, 0.3) is 83.5 Å². The van der Waals surface area contributed by atoms with E-state index in [2.05, 4.69) is 149 Å². The van der Waals surface area contributed by atoms with Gasteiger partial charge in [-0.15, -0.1) is 0 Å². The lowest BCUT2D eigenvalue weighted by atomic mass is 9.47. The van der Waals surface area contributed by atoms with Crippen LogP contribution in [0.2, 0.25) is 0 Å². The van der Waals surface area contributed by atoms with Gasteiger partial charge in [-0.1, -0.05) is 140 Å². The lowest BCUT2D eigenvalue weighted by Crippen LogP contribution is -2.59. The van der Waals surface area contributed by atoms with Crippen LogP contribution in [0.15, 0.2) is 176 Å². The quantitative estimate of drug-likeness (QED) is 0.169. The number of rotatable bonds is 6. The van der Waals surface area contributed by atoms with E-state index in [1.165, 1.54) is 87.0 Å². The summed E-state index contributed by atoms with van der Waals surface area (Å²) in [6.07, 6.45) is 6.54. The molecule has 14 rings (SSSR count). The van der Waals surface area contributed by atoms with E-state index < -0.39 is 0 Å². The third kappa shape index (κ3) is 4.89. The van der Waals surface area contributed by atoms with E-state index in [1.54, 1.807) is 0 Å². The highest BCUT2D eigenvalue weighted by atomic mass is 15.1. The highest BCUT2D eigenvalue weighted by molar-refractivity contribution is 6.28. The monoisotopic (exact) mass is 773 g/mol. The molecule has 3 heterocycles. The smallest absolute Gasteiger partial charge is 0.164 e. The number of hydrogen-bond donors (Lipinski definition) is 0. The fourth-order valence-electron chi connectivity index (χ4n) is 12.5. The van der Waals surface area contributed by atoms with Crippen molar-refractivity contribution in [3.8, 4) is 39.9 Å². The average Bonchev–Trinajstić information content (AvgIpc) is 3.83. The Bertz CT molecular complexity index is 3170. The molecule has 0 spiro atoms. The molecule has 4 bridgehead atoms. The fourth-order valence-corrected chi connectivity index (χ4v) is 12.5. The molecule has 4 saturated carbocycles. The van der Waals surface area contributed by atoms with Crippen molar-refractivity contribution in [3.63, 3.8) is 0 Å². The molecule has 4 aliphatic rings. The molecule has 4 fully saturated rings. The first kappa shape index (κ1) is 34.1. The van der Waals surface area contributed by atoms with Gasteiger partial charge in [-0.05, 0) is 97.7 Å².